The van der Waals surface area contributed by atoms with Crippen molar-refractivity contribution in [3.63, 3.8) is 0 Å². The summed E-state index contributed by atoms with van der Waals surface area (Å²) in [6.45, 7) is 2.81. The molecule has 0 unspecified atom stereocenters. The molecule has 108 valence electrons. The molecular formula is C14H18N2O2S2. The SMILES string of the molecule is Cc1ccc(CNS(=O)(=O)Cc2ccc(CN)cc2)s1. The summed E-state index contributed by atoms with van der Waals surface area (Å²) >= 11 is 1.60. The minimum Gasteiger partial charge on any atom is -0.326 e. The highest BCUT2D eigenvalue weighted by atomic mass is 32.2. The number of benzene rings is 1. The molecule has 0 aliphatic heterocycles. The lowest BCUT2D eigenvalue weighted by Crippen LogP contribution is -2.24. The second-order valence-electron chi connectivity index (χ2n) is 4.61. The average Bonchev–Trinajstić information content (AvgIpc) is 2.83. The fraction of sp³-hybridized carbons (Fsp3) is 0.286. The van der Waals surface area contributed by atoms with Crippen LogP contribution in [-0.2, 0) is 28.9 Å². The van der Waals surface area contributed by atoms with Crippen LogP contribution in [0.2, 0.25) is 0 Å². The van der Waals surface area contributed by atoms with Gasteiger partial charge in [0.15, 0.2) is 0 Å². The Labute approximate surface area is 123 Å². The summed E-state index contributed by atoms with van der Waals surface area (Å²) < 4.78 is 26.6. The Morgan fingerprint density at radius 3 is 2.30 bits per heavy atom. The molecule has 2 aromatic rings. The van der Waals surface area contributed by atoms with Crippen LogP contribution in [0.4, 0.5) is 0 Å². The standard InChI is InChI=1S/C14H18N2O2S2/c1-11-2-7-14(19-11)9-16-20(17,18)10-13-5-3-12(8-15)4-6-13/h2-7,16H,8-10,15H2,1H3. The van der Waals surface area contributed by atoms with E-state index in [1.54, 1.807) is 23.5 Å². The van der Waals surface area contributed by atoms with Gasteiger partial charge in [0.05, 0.1) is 5.75 Å². The van der Waals surface area contributed by atoms with Crippen LogP contribution in [0.25, 0.3) is 0 Å². The number of nitrogens with one attached hydrogen (secondary N) is 1. The topological polar surface area (TPSA) is 72.2 Å². The molecule has 3 N–H and O–H groups in total. The first-order valence-electron chi connectivity index (χ1n) is 6.29. The molecule has 0 spiro atoms. The minimum absolute atomic E-state index is 0.0117. The van der Waals surface area contributed by atoms with Gasteiger partial charge < -0.3 is 5.73 Å². The molecule has 1 heterocycles. The van der Waals surface area contributed by atoms with Gasteiger partial charge in [-0.15, -0.1) is 11.3 Å². The van der Waals surface area contributed by atoms with Gasteiger partial charge >= 0.3 is 0 Å². The van der Waals surface area contributed by atoms with E-state index in [9.17, 15) is 8.42 Å². The van der Waals surface area contributed by atoms with E-state index in [4.69, 9.17) is 5.73 Å². The Morgan fingerprint density at radius 1 is 1.10 bits per heavy atom. The predicted molar refractivity (Wildman–Crippen MR) is 82.9 cm³/mol. The quantitative estimate of drug-likeness (QED) is 0.858. The normalized spacial score (nSPS) is 11.7. The number of aryl methyl sites for hydroxylation is 1. The smallest absolute Gasteiger partial charge is 0.216 e. The molecule has 1 aromatic carbocycles. The summed E-state index contributed by atoms with van der Waals surface area (Å²) in [5.74, 6) is -0.0117. The zero-order valence-electron chi connectivity index (χ0n) is 11.3. The maximum Gasteiger partial charge on any atom is 0.216 e. The zero-order valence-corrected chi connectivity index (χ0v) is 12.9. The minimum atomic E-state index is -3.32. The maximum absolute atomic E-state index is 12.0. The van der Waals surface area contributed by atoms with Gasteiger partial charge in [-0.05, 0) is 30.2 Å². The molecule has 0 atom stereocenters. The molecule has 6 heteroatoms. The Balaban J connectivity index is 1.96. The monoisotopic (exact) mass is 310 g/mol. The molecule has 0 saturated heterocycles. The van der Waals surface area contributed by atoms with Gasteiger partial charge in [0.25, 0.3) is 0 Å². The van der Waals surface area contributed by atoms with Crippen LogP contribution in [0, 0.1) is 6.92 Å². The van der Waals surface area contributed by atoms with Crippen molar-refractivity contribution in [3.8, 4) is 0 Å². The Kier molecular flexibility index (Phi) is 4.93. The first kappa shape index (κ1) is 15.2. The van der Waals surface area contributed by atoms with Crippen LogP contribution in [0.5, 0.6) is 0 Å². The number of thiophene rings is 1. The van der Waals surface area contributed by atoms with Crippen LogP contribution in [0.15, 0.2) is 36.4 Å². The van der Waals surface area contributed by atoms with E-state index in [2.05, 4.69) is 4.72 Å². The molecule has 20 heavy (non-hydrogen) atoms. The number of nitrogens with two attached hydrogens (primary N) is 1. The Bertz CT molecular complexity index is 661. The lowest BCUT2D eigenvalue weighted by atomic mass is 10.1. The molecule has 0 saturated carbocycles. The largest absolute Gasteiger partial charge is 0.326 e. The first-order chi connectivity index (χ1) is 9.48. The number of rotatable bonds is 6. The zero-order chi connectivity index (χ0) is 14.6. The van der Waals surface area contributed by atoms with Crippen molar-refractivity contribution >= 4 is 21.4 Å². The van der Waals surface area contributed by atoms with Gasteiger partial charge in [-0.1, -0.05) is 24.3 Å². The van der Waals surface area contributed by atoms with Crippen LogP contribution >= 0.6 is 11.3 Å². The molecule has 1 aromatic heterocycles. The van der Waals surface area contributed by atoms with Gasteiger partial charge in [0, 0.05) is 22.8 Å². The van der Waals surface area contributed by atoms with Crippen LogP contribution in [0.1, 0.15) is 20.9 Å². The summed E-state index contributed by atoms with van der Waals surface area (Å²) in [5.41, 5.74) is 7.27. The molecular weight excluding hydrogens is 292 g/mol. The summed E-state index contributed by atoms with van der Waals surface area (Å²) in [6.07, 6.45) is 0. The van der Waals surface area contributed by atoms with Gasteiger partial charge in [-0.2, -0.15) is 0 Å². The fourth-order valence-electron chi connectivity index (χ4n) is 1.80. The molecule has 4 nitrogen and oxygen atoms in total. The third-order valence-electron chi connectivity index (χ3n) is 2.88. The van der Waals surface area contributed by atoms with Crippen LogP contribution in [0.3, 0.4) is 0 Å². The Morgan fingerprint density at radius 2 is 1.75 bits per heavy atom. The van der Waals surface area contributed by atoms with Gasteiger partial charge in [-0.25, -0.2) is 13.1 Å². The van der Waals surface area contributed by atoms with E-state index in [-0.39, 0.29) is 5.75 Å². The van der Waals surface area contributed by atoms with Crippen molar-refractivity contribution in [1.29, 1.82) is 0 Å². The second kappa shape index (κ2) is 6.49. The van der Waals surface area contributed by atoms with Crippen molar-refractivity contribution < 1.29 is 8.42 Å². The predicted octanol–water partition coefficient (Wildman–Crippen LogP) is 2.13. The van der Waals surface area contributed by atoms with Gasteiger partial charge in [0.1, 0.15) is 0 Å². The summed E-state index contributed by atoms with van der Waals surface area (Å²) in [6, 6.07) is 11.2. The second-order valence-corrected chi connectivity index (χ2v) is 7.79. The highest BCUT2D eigenvalue weighted by Gasteiger charge is 2.11. The maximum atomic E-state index is 12.0. The van der Waals surface area contributed by atoms with E-state index < -0.39 is 10.0 Å². The van der Waals surface area contributed by atoms with E-state index >= 15 is 0 Å². The highest BCUT2D eigenvalue weighted by molar-refractivity contribution is 7.88. The average molecular weight is 310 g/mol. The molecule has 0 fully saturated rings. The number of hydrogen-bond donors (Lipinski definition) is 2. The molecule has 0 bridgehead atoms. The first-order valence-corrected chi connectivity index (χ1v) is 8.76. The van der Waals surface area contributed by atoms with Crippen LogP contribution < -0.4 is 10.5 Å². The number of hydrogen-bond acceptors (Lipinski definition) is 4. The molecule has 0 radical (unpaired) electrons. The van der Waals surface area contributed by atoms with Gasteiger partial charge in [-0.3, -0.25) is 0 Å². The molecule has 0 aliphatic rings. The molecule has 0 aliphatic carbocycles. The van der Waals surface area contributed by atoms with E-state index in [1.807, 2.05) is 31.2 Å². The highest BCUT2D eigenvalue weighted by Crippen LogP contribution is 2.15. The van der Waals surface area contributed by atoms with Crippen molar-refractivity contribution in [2.75, 3.05) is 0 Å². The lowest BCUT2D eigenvalue weighted by Gasteiger charge is -2.06. The van der Waals surface area contributed by atoms with E-state index in [0.717, 1.165) is 16.0 Å². The third kappa shape index (κ3) is 4.42. The third-order valence-corrected chi connectivity index (χ3v) is 5.18. The Hall–Kier alpha value is -1.21. The molecule has 2 rings (SSSR count). The van der Waals surface area contributed by atoms with Crippen molar-refractivity contribution in [2.24, 2.45) is 5.73 Å². The van der Waals surface area contributed by atoms with E-state index in [0.29, 0.717) is 13.1 Å². The van der Waals surface area contributed by atoms with Crippen molar-refractivity contribution in [3.05, 3.63) is 57.3 Å². The summed E-state index contributed by atoms with van der Waals surface area (Å²) in [5, 5.41) is 0. The number of sulfonamides is 1. The van der Waals surface area contributed by atoms with E-state index in [1.165, 1.54) is 4.88 Å². The van der Waals surface area contributed by atoms with Crippen LogP contribution in [-0.4, -0.2) is 8.42 Å². The summed E-state index contributed by atoms with van der Waals surface area (Å²) in [4.78, 5) is 2.20. The fourth-order valence-corrected chi connectivity index (χ4v) is 3.83. The van der Waals surface area contributed by atoms with Crippen molar-refractivity contribution in [2.45, 2.75) is 25.8 Å². The van der Waals surface area contributed by atoms with Crippen molar-refractivity contribution in [1.82, 2.24) is 4.72 Å². The lowest BCUT2D eigenvalue weighted by molar-refractivity contribution is 0.581. The van der Waals surface area contributed by atoms with Gasteiger partial charge in [0.2, 0.25) is 10.0 Å². The summed E-state index contributed by atoms with van der Waals surface area (Å²) in [7, 11) is -3.32. The molecule has 0 amide bonds.